The molecule has 0 saturated heterocycles. The molecular formula is C20H29NO4Si. The van der Waals surface area contributed by atoms with Crippen LogP contribution in [0.1, 0.15) is 43.7 Å². The summed E-state index contributed by atoms with van der Waals surface area (Å²) in [6.07, 6.45) is 0.757. The molecule has 0 aliphatic carbocycles. The normalized spacial score (nSPS) is 17.5. The molecule has 0 spiro atoms. The maximum Gasteiger partial charge on any atom is 0.340 e. The third-order valence-corrected chi connectivity index (χ3v) is 10.2. The molecule has 1 aromatic carbocycles. The first-order valence-corrected chi connectivity index (χ1v) is 12.1. The summed E-state index contributed by atoms with van der Waals surface area (Å²) in [5.74, 6) is -0.175. The van der Waals surface area contributed by atoms with Crippen LogP contribution in [0.2, 0.25) is 18.1 Å². The van der Waals surface area contributed by atoms with E-state index in [1.807, 2.05) is 6.07 Å². The van der Waals surface area contributed by atoms with E-state index in [0.29, 0.717) is 18.6 Å². The minimum Gasteiger partial charge on any atom is -0.508 e. The molecule has 1 aliphatic rings. The lowest BCUT2D eigenvalue weighted by molar-refractivity contribution is 0.0527. The van der Waals surface area contributed by atoms with Gasteiger partial charge in [-0.1, -0.05) is 20.8 Å². The van der Waals surface area contributed by atoms with Crippen LogP contribution in [-0.4, -0.2) is 36.7 Å². The second-order valence-electron chi connectivity index (χ2n) is 8.56. The number of fused-ring (bicyclic) bond motifs is 3. The maximum atomic E-state index is 12.6. The van der Waals surface area contributed by atoms with Crippen molar-refractivity contribution in [3.8, 4) is 5.75 Å². The van der Waals surface area contributed by atoms with Gasteiger partial charge in [-0.25, -0.2) is 4.79 Å². The third kappa shape index (κ3) is 3.16. The predicted molar refractivity (Wildman–Crippen MR) is 105 cm³/mol. The van der Waals surface area contributed by atoms with Crippen molar-refractivity contribution in [2.45, 2.75) is 64.9 Å². The van der Waals surface area contributed by atoms with Gasteiger partial charge < -0.3 is 18.8 Å². The molecule has 0 fully saturated rings. The number of benzene rings is 1. The van der Waals surface area contributed by atoms with Crippen molar-refractivity contribution in [2.24, 2.45) is 0 Å². The quantitative estimate of drug-likeness (QED) is 0.633. The number of nitrogens with zero attached hydrogens (tertiary/aromatic N) is 1. The zero-order chi connectivity index (χ0) is 19.3. The van der Waals surface area contributed by atoms with Crippen molar-refractivity contribution in [1.82, 2.24) is 4.57 Å². The molecular weight excluding hydrogens is 346 g/mol. The number of phenols is 1. The predicted octanol–water partition coefficient (Wildman–Crippen LogP) is 4.47. The lowest BCUT2D eigenvalue weighted by Gasteiger charge is -2.38. The Hall–Kier alpha value is -1.79. The van der Waals surface area contributed by atoms with Gasteiger partial charge in [-0.2, -0.15) is 0 Å². The Bertz CT molecular complexity index is 848. The van der Waals surface area contributed by atoms with Gasteiger partial charge in [0.2, 0.25) is 0 Å². The van der Waals surface area contributed by atoms with E-state index in [4.69, 9.17) is 9.16 Å². The first kappa shape index (κ1) is 19.0. The fourth-order valence-electron chi connectivity index (χ4n) is 3.40. The van der Waals surface area contributed by atoms with Gasteiger partial charge in [0, 0.05) is 29.6 Å². The number of carbonyl (C=O) groups excluding carboxylic acids is 1. The summed E-state index contributed by atoms with van der Waals surface area (Å²) < 4.78 is 14.0. The number of ether oxygens (including phenoxy) is 1. The van der Waals surface area contributed by atoms with Crippen molar-refractivity contribution < 1.29 is 19.1 Å². The van der Waals surface area contributed by atoms with Gasteiger partial charge in [0.05, 0.1) is 18.3 Å². The summed E-state index contributed by atoms with van der Waals surface area (Å²) in [6.45, 7) is 14.1. The number of aromatic hydroxyl groups is 1. The van der Waals surface area contributed by atoms with E-state index in [-0.39, 0.29) is 22.9 Å². The molecule has 1 aromatic heterocycles. The van der Waals surface area contributed by atoms with Crippen LogP contribution in [-0.2, 0) is 22.1 Å². The van der Waals surface area contributed by atoms with Gasteiger partial charge in [0.1, 0.15) is 5.75 Å². The van der Waals surface area contributed by atoms with Crippen LogP contribution in [0.5, 0.6) is 5.75 Å². The van der Waals surface area contributed by atoms with Crippen LogP contribution >= 0.6 is 0 Å². The molecule has 0 bridgehead atoms. The molecule has 1 atom stereocenters. The maximum absolute atomic E-state index is 12.6. The Kier molecular flexibility index (Phi) is 4.69. The molecule has 3 rings (SSSR count). The number of aromatic nitrogens is 1. The van der Waals surface area contributed by atoms with Crippen molar-refractivity contribution in [3.05, 3.63) is 29.5 Å². The zero-order valence-corrected chi connectivity index (χ0v) is 17.5. The van der Waals surface area contributed by atoms with Crippen LogP contribution in [0.3, 0.4) is 0 Å². The van der Waals surface area contributed by atoms with E-state index < -0.39 is 8.32 Å². The molecule has 1 aliphatic heterocycles. The Balaban J connectivity index is 2.00. The average molecular weight is 376 g/mol. The van der Waals surface area contributed by atoms with E-state index in [0.717, 1.165) is 23.1 Å². The zero-order valence-electron chi connectivity index (χ0n) is 16.5. The average Bonchev–Trinajstić information content (AvgIpc) is 3.01. The third-order valence-electron chi connectivity index (χ3n) is 5.71. The largest absolute Gasteiger partial charge is 0.508 e. The lowest BCUT2D eigenvalue weighted by Crippen LogP contribution is -2.44. The fraction of sp³-hybridized carbons (Fsp3) is 0.550. The fourth-order valence-corrected chi connectivity index (χ4v) is 4.75. The minimum atomic E-state index is -1.89. The first-order chi connectivity index (χ1) is 12.0. The molecule has 2 heterocycles. The molecule has 2 aromatic rings. The summed E-state index contributed by atoms with van der Waals surface area (Å²) >= 11 is 0. The van der Waals surface area contributed by atoms with Crippen LogP contribution in [0, 0.1) is 0 Å². The number of carbonyl (C=O) groups is 1. The highest BCUT2D eigenvalue weighted by Crippen LogP contribution is 2.40. The molecule has 142 valence electrons. The molecule has 0 radical (unpaired) electrons. The van der Waals surface area contributed by atoms with E-state index in [1.54, 1.807) is 19.1 Å². The van der Waals surface area contributed by atoms with E-state index in [2.05, 4.69) is 38.4 Å². The first-order valence-electron chi connectivity index (χ1n) is 9.24. The Morgan fingerprint density at radius 3 is 2.65 bits per heavy atom. The minimum absolute atomic E-state index is 0.0669. The Morgan fingerprint density at radius 1 is 1.35 bits per heavy atom. The number of rotatable bonds is 4. The van der Waals surface area contributed by atoms with Gasteiger partial charge >= 0.3 is 5.97 Å². The molecule has 1 N–H and O–H groups in total. The highest BCUT2D eigenvalue weighted by atomic mass is 28.4. The summed E-state index contributed by atoms with van der Waals surface area (Å²) in [4.78, 5) is 12.6. The van der Waals surface area contributed by atoms with E-state index in [9.17, 15) is 9.90 Å². The smallest absolute Gasteiger partial charge is 0.340 e. The van der Waals surface area contributed by atoms with Crippen molar-refractivity contribution in [3.63, 3.8) is 0 Å². The Labute approximate surface area is 156 Å². The van der Waals surface area contributed by atoms with Crippen LogP contribution in [0.25, 0.3) is 10.9 Å². The van der Waals surface area contributed by atoms with E-state index in [1.165, 1.54) is 0 Å². The Morgan fingerprint density at radius 2 is 2.04 bits per heavy atom. The number of hydrogen-bond acceptors (Lipinski definition) is 4. The van der Waals surface area contributed by atoms with Crippen LogP contribution in [0.4, 0.5) is 0 Å². The number of phenolic OH excluding ortho intramolecular Hbond substituents is 1. The van der Waals surface area contributed by atoms with Gasteiger partial charge in [-0.05, 0) is 43.3 Å². The number of hydrogen-bond donors (Lipinski definition) is 1. The molecule has 6 heteroatoms. The van der Waals surface area contributed by atoms with Crippen LogP contribution < -0.4 is 0 Å². The molecule has 0 amide bonds. The van der Waals surface area contributed by atoms with Crippen molar-refractivity contribution in [1.29, 1.82) is 0 Å². The summed E-state index contributed by atoms with van der Waals surface area (Å²) in [5, 5.41) is 10.8. The highest BCUT2D eigenvalue weighted by molar-refractivity contribution is 6.74. The standard InChI is InChI=1S/C20H29NO4Si/c1-7-24-19(23)18-15-10-13(22)8-9-16(15)21-12-14(11-17(18)21)25-26(5,6)20(2,3)4/h8-10,14,22H,7,11-12H2,1-6H3/t14-/m0/s1. The SMILES string of the molecule is CCOC(=O)c1c2n(c3ccc(O)cc13)C[C@@H](O[Si](C)(C)C(C)(C)C)C2. The molecule has 26 heavy (non-hydrogen) atoms. The lowest BCUT2D eigenvalue weighted by atomic mass is 10.1. The van der Waals surface area contributed by atoms with Gasteiger partial charge in [-0.3, -0.25) is 0 Å². The van der Waals surface area contributed by atoms with Crippen molar-refractivity contribution >= 4 is 25.2 Å². The second-order valence-corrected chi connectivity index (χ2v) is 13.3. The second kappa shape index (κ2) is 6.42. The monoisotopic (exact) mass is 375 g/mol. The molecule has 0 unspecified atom stereocenters. The summed E-state index contributed by atoms with van der Waals surface area (Å²) in [7, 11) is -1.89. The summed E-state index contributed by atoms with van der Waals surface area (Å²) in [5.41, 5.74) is 2.47. The molecule has 0 saturated carbocycles. The van der Waals surface area contributed by atoms with Gasteiger partial charge in [0.15, 0.2) is 8.32 Å². The number of esters is 1. The van der Waals surface area contributed by atoms with Crippen LogP contribution in [0.15, 0.2) is 18.2 Å². The van der Waals surface area contributed by atoms with E-state index >= 15 is 0 Å². The summed E-state index contributed by atoms with van der Waals surface area (Å²) in [6, 6.07) is 5.18. The van der Waals surface area contributed by atoms with Gasteiger partial charge in [0.25, 0.3) is 0 Å². The van der Waals surface area contributed by atoms with Crippen molar-refractivity contribution in [2.75, 3.05) is 6.61 Å². The highest BCUT2D eigenvalue weighted by Gasteiger charge is 2.41. The van der Waals surface area contributed by atoms with Gasteiger partial charge in [-0.15, -0.1) is 0 Å². The molecule has 5 nitrogen and oxygen atoms in total. The topological polar surface area (TPSA) is 60.7 Å².